The predicted molar refractivity (Wildman–Crippen MR) is 71.8 cm³/mol. The second-order valence-corrected chi connectivity index (χ2v) is 4.23. The molecule has 1 aromatic carbocycles. The van der Waals surface area contributed by atoms with E-state index in [1.165, 1.54) is 0 Å². The summed E-state index contributed by atoms with van der Waals surface area (Å²) >= 11 is 0. The van der Waals surface area contributed by atoms with Crippen LogP contribution < -0.4 is 4.74 Å². The molecule has 0 aliphatic carbocycles. The van der Waals surface area contributed by atoms with Crippen LogP contribution in [-0.2, 0) is 4.74 Å². The van der Waals surface area contributed by atoms with Gasteiger partial charge in [-0.2, -0.15) is 0 Å². The molecule has 0 radical (unpaired) electrons. The first-order valence-electron chi connectivity index (χ1n) is 6.10. The molecule has 1 rings (SSSR count). The molecule has 0 amide bonds. The van der Waals surface area contributed by atoms with Gasteiger partial charge in [0.05, 0.1) is 12.3 Å². The highest BCUT2D eigenvalue weighted by Crippen LogP contribution is 2.21. The highest BCUT2D eigenvalue weighted by molar-refractivity contribution is 6.00. The SMILES string of the molecule is COCCCCOc1cc(C)ccc1/C(C)=N/O. The number of unbranched alkanes of at least 4 members (excludes halogenated alkanes) is 1. The predicted octanol–water partition coefficient (Wildman–Crippen LogP) is 3.00. The lowest BCUT2D eigenvalue weighted by atomic mass is 10.1. The van der Waals surface area contributed by atoms with Crippen LogP contribution in [0.3, 0.4) is 0 Å². The van der Waals surface area contributed by atoms with Gasteiger partial charge in [0.1, 0.15) is 5.75 Å². The summed E-state index contributed by atoms with van der Waals surface area (Å²) < 4.78 is 10.7. The van der Waals surface area contributed by atoms with Gasteiger partial charge in [-0.25, -0.2) is 0 Å². The molecule has 0 aliphatic rings. The Labute approximate surface area is 108 Å². The zero-order chi connectivity index (χ0) is 13.4. The Bertz CT molecular complexity index is 402. The van der Waals surface area contributed by atoms with Gasteiger partial charge >= 0.3 is 0 Å². The molecule has 0 spiro atoms. The van der Waals surface area contributed by atoms with Crippen molar-refractivity contribution in [2.24, 2.45) is 5.16 Å². The van der Waals surface area contributed by atoms with Gasteiger partial charge < -0.3 is 14.7 Å². The number of hydrogen-bond acceptors (Lipinski definition) is 4. The number of rotatable bonds is 7. The first-order chi connectivity index (χ1) is 8.69. The van der Waals surface area contributed by atoms with Crippen molar-refractivity contribution < 1.29 is 14.7 Å². The van der Waals surface area contributed by atoms with Gasteiger partial charge in [0.2, 0.25) is 0 Å². The standard InChI is InChI=1S/C14H21NO3/c1-11-6-7-13(12(2)15-16)14(10-11)18-9-5-4-8-17-3/h6-7,10,16H,4-5,8-9H2,1-3H3/b15-12+. The summed E-state index contributed by atoms with van der Waals surface area (Å²) in [6.45, 7) is 5.15. The lowest BCUT2D eigenvalue weighted by Gasteiger charge is -2.11. The molecule has 0 aromatic heterocycles. The zero-order valence-corrected chi connectivity index (χ0v) is 11.3. The molecular formula is C14H21NO3. The fourth-order valence-corrected chi connectivity index (χ4v) is 1.63. The molecule has 0 unspecified atom stereocenters. The molecule has 0 saturated carbocycles. The van der Waals surface area contributed by atoms with E-state index in [1.54, 1.807) is 14.0 Å². The van der Waals surface area contributed by atoms with E-state index in [2.05, 4.69) is 5.16 Å². The van der Waals surface area contributed by atoms with Gasteiger partial charge in [-0.15, -0.1) is 0 Å². The van der Waals surface area contributed by atoms with Crippen molar-refractivity contribution in [2.45, 2.75) is 26.7 Å². The maximum absolute atomic E-state index is 8.84. The maximum atomic E-state index is 8.84. The normalized spacial score (nSPS) is 11.6. The van der Waals surface area contributed by atoms with Crippen molar-refractivity contribution in [1.29, 1.82) is 0 Å². The van der Waals surface area contributed by atoms with Crippen LogP contribution in [0.15, 0.2) is 23.4 Å². The fraction of sp³-hybridized carbons (Fsp3) is 0.500. The van der Waals surface area contributed by atoms with Crippen molar-refractivity contribution in [2.75, 3.05) is 20.3 Å². The van der Waals surface area contributed by atoms with Crippen molar-refractivity contribution >= 4 is 5.71 Å². The molecule has 100 valence electrons. The van der Waals surface area contributed by atoms with Gasteiger partial charge in [0.25, 0.3) is 0 Å². The summed E-state index contributed by atoms with van der Waals surface area (Å²) in [7, 11) is 1.70. The van der Waals surface area contributed by atoms with Gasteiger partial charge in [-0.3, -0.25) is 0 Å². The molecule has 4 nitrogen and oxygen atoms in total. The Morgan fingerprint density at radius 2 is 2.00 bits per heavy atom. The number of benzene rings is 1. The number of oxime groups is 1. The molecular weight excluding hydrogens is 230 g/mol. The smallest absolute Gasteiger partial charge is 0.128 e. The van der Waals surface area contributed by atoms with Crippen LogP contribution >= 0.6 is 0 Å². The summed E-state index contributed by atoms with van der Waals surface area (Å²) in [6.07, 6.45) is 1.92. The minimum absolute atomic E-state index is 0.557. The summed E-state index contributed by atoms with van der Waals surface area (Å²) in [5, 5.41) is 12.1. The topological polar surface area (TPSA) is 51.0 Å². The Morgan fingerprint density at radius 3 is 2.67 bits per heavy atom. The average molecular weight is 251 g/mol. The molecule has 18 heavy (non-hydrogen) atoms. The molecule has 0 heterocycles. The molecule has 0 fully saturated rings. The van der Waals surface area contributed by atoms with E-state index in [1.807, 2.05) is 25.1 Å². The zero-order valence-electron chi connectivity index (χ0n) is 11.3. The monoisotopic (exact) mass is 251 g/mol. The summed E-state index contributed by atoms with van der Waals surface area (Å²) in [5.74, 6) is 0.766. The van der Waals surface area contributed by atoms with E-state index < -0.39 is 0 Å². The lowest BCUT2D eigenvalue weighted by molar-refractivity contribution is 0.184. The van der Waals surface area contributed by atoms with Crippen LogP contribution in [0.4, 0.5) is 0 Å². The van der Waals surface area contributed by atoms with Crippen LogP contribution in [0.5, 0.6) is 5.75 Å². The molecule has 0 aliphatic heterocycles. The van der Waals surface area contributed by atoms with Crippen molar-refractivity contribution in [3.63, 3.8) is 0 Å². The minimum Gasteiger partial charge on any atom is -0.493 e. The van der Waals surface area contributed by atoms with E-state index >= 15 is 0 Å². The quantitative estimate of drug-likeness (QED) is 0.351. The fourth-order valence-electron chi connectivity index (χ4n) is 1.63. The highest BCUT2D eigenvalue weighted by Gasteiger charge is 2.07. The van der Waals surface area contributed by atoms with Crippen LogP contribution in [-0.4, -0.2) is 31.2 Å². The third-order valence-corrected chi connectivity index (χ3v) is 2.68. The molecule has 4 heteroatoms. The summed E-state index contributed by atoms with van der Waals surface area (Å²) in [6, 6.07) is 5.84. The molecule has 0 atom stereocenters. The Balaban J connectivity index is 2.65. The van der Waals surface area contributed by atoms with E-state index in [0.29, 0.717) is 12.3 Å². The highest BCUT2D eigenvalue weighted by atomic mass is 16.5. The van der Waals surface area contributed by atoms with Gasteiger partial charge in [0.15, 0.2) is 0 Å². The minimum atomic E-state index is 0.557. The van der Waals surface area contributed by atoms with Gasteiger partial charge in [-0.05, 0) is 44.4 Å². The van der Waals surface area contributed by atoms with Crippen molar-refractivity contribution in [3.05, 3.63) is 29.3 Å². The summed E-state index contributed by atoms with van der Waals surface area (Å²) in [5.41, 5.74) is 2.51. The van der Waals surface area contributed by atoms with E-state index in [4.69, 9.17) is 14.7 Å². The maximum Gasteiger partial charge on any atom is 0.128 e. The van der Waals surface area contributed by atoms with Crippen LogP contribution in [0, 0.1) is 6.92 Å². The summed E-state index contributed by atoms with van der Waals surface area (Å²) in [4.78, 5) is 0. The number of nitrogens with zero attached hydrogens (tertiary/aromatic N) is 1. The second kappa shape index (κ2) is 7.71. The largest absolute Gasteiger partial charge is 0.493 e. The second-order valence-electron chi connectivity index (χ2n) is 4.23. The third kappa shape index (κ3) is 4.37. The molecule has 0 bridgehead atoms. The van der Waals surface area contributed by atoms with Crippen LogP contribution in [0.2, 0.25) is 0 Å². The molecule has 0 saturated heterocycles. The third-order valence-electron chi connectivity index (χ3n) is 2.68. The first-order valence-corrected chi connectivity index (χ1v) is 6.10. The Hall–Kier alpha value is -1.55. The van der Waals surface area contributed by atoms with Crippen LogP contribution in [0.1, 0.15) is 30.9 Å². The number of ether oxygens (including phenoxy) is 2. The Morgan fingerprint density at radius 1 is 1.28 bits per heavy atom. The number of hydrogen-bond donors (Lipinski definition) is 1. The van der Waals surface area contributed by atoms with E-state index in [-0.39, 0.29) is 0 Å². The van der Waals surface area contributed by atoms with E-state index in [0.717, 1.165) is 36.3 Å². The lowest BCUT2D eigenvalue weighted by Crippen LogP contribution is -2.05. The first kappa shape index (κ1) is 14.5. The van der Waals surface area contributed by atoms with Crippen LogP contribution in [0.25, 0.3) is 0 Å². The van der Waals surface area contributed by atoms with Crippen molar-refractivity contribution in [3.8, 4) is 5.75 Å². The average Bonchev–Trinajstić information content (AvgIpc) is 2.38. The van der Waals surface area contributed by atoms with Gasteiger partial charge in [-0.1, -0.05) is 11.2 Å². The number of aryl methyl sites for hydroxylation is 1. The number of methoxy groups -OCH3 is 1. The van der Waals surface area contributed by atoms with E-state index in [9.17, 15) is 0 Å². The molecule has 1 aromatic rings. The molecule has 1 N–H and O–H groups in total. The Kier molecular flexibility index (Phi) is 6.22. The van der Waals surface area contributed by atoms with Crippen molar-refractivity contribution in [1.82, 2.24) is 0 Å². The van der Waals surface area contributed by atoms with Gasteiger partial charge in [0, 0.05) is 19.3 Å².